The van der Waals surface area contributed by atoms with E-state index in [9.17, 15) is 8.78 Å². The number of halogens is 3. The predicted molar refractivity (Wildman–Crippen MR) is 82.3 cm³/mol. The van der Waals surface area contributed by atoms with Crippen LogP contribution in [0.1, 0.15) is 5.56 Å². The minimum Gasteiger partial charge on any atom is -0.493 e. The predicted octanol–water partition coefficient (Wildman–Crippen LogP) is 4.40. The summed E-state index contributed by atoms with van der Waals surface area (Å²) in [5, 5.41) is 4.63. The van der Waals surface area contributed by atoms with Gasteiger partial charge in [0.25, 0.3) is 0 Å². The van der Waals surface area contributed by atoms with Crippen LogP contribution in [0.5, 0.6) is 11.5 Å². The van der Waals surface area contributed by atoms with Crippen molar-refractivity contribution in [2.24, 2.45) is 5.10 Å². The molecule has 0 fully saturated rings. The molecule has 0 heterocycles. The number of hydrogen-bond donors (Lipinski definition) is 1. The average molecular weight is 327 g/mol. The molecule has 2 aromatic rings. The van der Waals surface area contributed by atoms with Crippen molar-refractivity contribution in [2.75, 3.05) is 12.5 Å². The van der Waals surface area contributed by atoms with Crippen molar-refractivity contribution in [3.05, 3.63) is 53.1 Å². The molecular formula is C15H13ClF2N2O2. The first-order valence-electron chi connectivity index (χ1n) is 6.26. The van der Waals surface area contributed by atoms with Crippen molar-refractivity contribution in [1.29, 1.82) is 0 Å². The van der Waals surface area contributed by atoms with Gasteiger partial charge in [-0.2, -0.15) is 13.9 Å². The minimum absolute atomic E-state index is 0.0301. The molecule has 0 atom stereocenters. The molecule has 22 heavy (non-hydrogen) atoms. The first-order chi connectivity index (χ1) is 10.6. The van der Waals surface area contributed by atoms with Gasteiger partial charge in [0.05, 0.1) is 19.0 Å². The lowest BCUT2D eigenvalue weighted by Crippen LogP contribution is -2.03. The highest BCUT2D eigenvalue weighted by Gasteiger charge is 2.10. The van der Waals surface area contributed by atoms with Gasteiger partial charge in [-0.3, -0.25) is 5.43 Å². The number of methoxy groups -OCH3 is 1. The highest BCUT2D eigenvalue weighted by Crippen LogP contribution is 2.28. The lowest BCUT2D eigenvalue weighted by Gasteiger charge is -2.10. The molecule has 0 aliphatic heterocycles. The van der Waals surface area contributed by atoms with Gasteiger partial charge in [0.15, 0.2) is 11.5 Å². The van der Waals surface area contributed by atoms with Crippen LogP contribution >= 0.6 is 11.6 Å². The molecule has 0 spiro atoms. The van der Waals surface area contributed by atoms with Crippen molar-refractivity contribution in [3.8, 4) is 11.5 Å². The van der Waals surface area contributed by atoms with Crippen LogP contribution in [0.15, 0.2) is 47.6 Å². The summed E-state index contributed by atoms with van der Waals surface area (Å²) in [6.45, 7) is -2.90. The van der Waals surface area contributed by atoms with E-state index in [2.05, 4.69) is 15.3 Å². The Hall–Kier alpha value is -2.34. The Labute approximate surface area is 131 Å². The first kappa shape index (κ1) is 16.0. The zero-order valence-electron chi connectivity index (χ0n) is 11.6. The fourth-order valence-electron chi connectivity index (χ4n) is 1.70. The summed E-state index contributed by atoms with van der Waals surface area (Å²) in [7, 11) is 1.37. The van der Waals surface area contributed by atoms with Crippen LogP contribution in [0, 0.1) is 0 Å². The fourth-order valence-corrected chi connectivity index (χ4v) is 1.89. The van der Waals surface area contributed by atoms with Gasteiger partial charge in [0.2, 0.25) is 0 Å². The fraction of sp³-hybridized carbons (Fsp3) is 0.133. The van der Waals surface area contributed by atoms with Crippen molar-refractivity contribution in [3.63, 3.8) is 0 Å². The molecule has 2 rings (SSSR count). The van der Waals surface area contributed by atoms with Crippen molar-refractivity contribution in [1.82, 2.24) is 0 Å². The summed E-state index contributed by atoms with van der Waals surface area (Å²) in [5.74, 6) is 0.171. The van der Waals surface area contributed by atoms with Crippen LogP contribution in [0.3, 0.4) is 0 Å². The molecule has 4 nitrogen and oxygen atoms in total. The lowest BCUT2D eigenvalue weighted by molar-refractivity contribution is -0.0512. The Morgan fingerprint density at radius 1 is 1.18 bits per heavy atom. The van der Waals surface area contributed by atoms with Gasteiger partial charge in [-0.15, -0.1) is 0 Å². The van der Waals surface area contributed by atoms with E-state index in [0.29, 0.717) is 10.6 Å². The molecule has 0 saturated heterocycles. The summed E-state index contributed by atoms with van der Waals surface area (Å²) in [4.78, 5) is 0. The number of anilines is 1. The third-order valence-electron chi connectivity index (χ3n) is 2.64. The average Bonchev–Trinajstić information content (AvgIpc) is 2.48. The topological polar surface area (TPSA) is 42.8 Å². The molecule has 0 aliphatic rings. The summed E-state index contributed by atoms with van der Waals surface area (Å²) < 4.78 is 33.8. The highest BCUT2D eigenvalue weighted by atomic mass is 35.5. The van der Waals surface area contributed by atoms with Crippen LogP contribution in [0.2, 0.25) is 5.02 Å². The number of alkyl halides is 2. The standard InChI is InChI=1S/C15H13ClF2N2O2/c1-21-14-7-10(5-6-13(14)22-15(17)18)9-19-20-12-4-2-3-11(16)8-12/h2-9,15,20H,1H3/b19-9-. The van der Waals surface area contributed by atoms with Gasteiger partial charge >= 0.3 is 6.61 Å². The molecule has 1 N–H and O–H groups in total. The van der Waals surface area contributed by atoms with E-state index >= 15 is 0 Å². The number of ether oxygens (including phenoxy) is 2. The monoisotopic (exact) mass is 326 g/mol. The molecule has 0 unspecified atom stereocenters. The second-order valence-electron chi connectivity index (χ2n) is 4.17. The smallest absolute Gasteiger partial charge is 0.387 e. The number of rotatable bonds is 6. The number of hydrazone groups is 1. The second-order valence-corrected chi connectivity index (χ2v) is 4.61. The molecule has 0 aliphatic carbocycles. The Kier molecular flexibility index (Phi) is 5.55. The van der Waals surface area contributed by atoms with E-state index in [1.165, 1.54) is 19.4 Å². The third kappa shape index (κ3) is 4.60. The molecule has 116 valence electrons. The lowest BCUT2D eigenvalue weighted by atomic mass is 10.2. The quantitative estimate of drug-likeness (QED) is 0.632. The number of nitrogens with one attached hydrogen (secondary N) is 1. The summed E-state index contributed by atoms with van der Waals surface area (Å²) >= 11 is 5.86. The SMILES string of the molecule is COc1cc(/C=N\Nc2cccc(Cl)c2)ccc1OC(F)F. The van der Waals surface area contributed by atoms with Crippen molar-refractivity contribution in [2.45, 2.75) is 6.61 Å². The highest BCUT2D eigenvalue weighted by molar-refractivity contribution is 6.30. The zero-order valence-corrected chi connectivity index (χ0v) is 12.3. The summed E-state index contributed by atoms with van der Waals surface area (Å²) in [6, 6.07) is 11.6. The van der Waals surface area contributed by atoms with Gasteiger partial charge < -0.3 is 9.47 Å². The molecule has 0 radical (unpaired) electrons. The number of benzene rings is 2. The van der Waals surface area contributed by atoms with Crippen LogP contribution < -0.4 is 14.9 Å². The van der Waals surface area contributed by atoms with E-state index in [-0.39, 0.29) is 11.5 Å². The van der Waals surface area contributed by atoms with Gasteiger partial charge in [-0.1, -0.05) is 17.7 Å². The van der Waals surface area contributed by atoms with Gasteiger partial charge in [0.1, 0.15) is 0 Å². The summed E-state index contributed by atoms with van der Waals surface area (Å²) in [6.07, 6.45) is 1.52. The molecule has 7 heteroatoms. The number of nitrogens with zero attached hydrogens (tertiary/aromatic N) is 1. The maximum Gasteiger partial charge on any atom is 0.387 e. The van der Waals surface area contributed by atoms with Gasteiger partial charge in [-0.25, -0.2) is 0 Å². The number of hydrogen-bond acceptors (Lipinski definition) is 4. The summed E-state index contributed by atoms with van der Waals surface area (Å²) in [5.41, 5.74) is 4.20. The maximum absolute atomic E-state index is 12.2. The molecule has 0 saturated carbocycles. The van der Waals surface area contributed by atoms with E-state index in [4.69, 9.17) is 16.3 Å². The largest absolute Gasteiger partial charge is 0.493 e. The Balaban J connectivity index is 2.07. The molecular weight excluding hydrogens is 314 g/mol. The Morgan fingerprint density at radius 3 is 2.68 bits per heavy atom. The van der Waals surface area contributed by atoms with E-state index in [1.54, 1.807) is 30.3 Å². The second kappa shape index (κ2) is 7.61. The Bertz CT molecular complexity index is 666. The Morgan fingerprint density at radius 2 is 2.00 bits per heavy atom. The first-order valence-corrected chi connectivity index (χ1v) is 6.64. The van der Waals surface area contributed by atoms with Crippen LogP contribution in [-0.4, -0.2) is 19.9 Å². The molecule has 0 amide bonds. The molecule has 2 aromatic carbocycles. The van der Waals surface area contributed by atoms with E-state index in [1.807, 2.05) is 6.07 Å². The minimum atomic E-state index is -2.90. The third-order valence-corrected chi connectivity index (χ3v) is 2.87. The maximum atomic E-state index is 12.2. The van der Waals surface area contributed by atoms with Crippen molar-refractivity contribution >= 4 is 23.5 Å². The zero-order chi connectivity index (χ0) is 15.9. The van der Waals surface area contributed by atoms with Crippen LogP contribution in [-0.2, 0) is 0 Å². The molecule has 0 bridgehead atoms. The van der Waals surface area contributed by atoms with Gasteiger partial charge in [-0.05, 0) is 42.0 Å². The van der Waals surface area contributed by atoms with Gasteiger partial charge in [0, 0.05) is 5.02 Å². The van der Waals surface area contributed by atoms with Crippen LogP contribution in [0.4, 0.5) is 14.5 Å². The van der Waals surface area contributed by atoms with E-state index < -0.39 is 6.61 Å². The van der Waals surface area contributed by atoms with Crippen LogP contribution in [0.25, 0.3) is 0 Å². The van der Waals surface area contributed by atoms with Crippen molar-refractivity contribution < 1.29 is 18.3 Å². The normalized spacial score (nSPS) is 11.0. The molecule has 0 aromatic heterocycles. The van der Waals surface area contributed by atoms with E-state index in [0.717, 1.165) is 5.69 Å².